The molecule has 2 atom stereocenters. The Morgan fingerprint density at radius 1 is 0.649 bits per heavy atom. The molecular weight excluding hydrogens is 987 g/mol. The third kappa shape index (κ3) is 18.1. The lowest BCUT2D eigenvalue weighted by molar-refractivity contribution is -0.132. The first-order valence-electron chi connectivity index (χ1n) is 25.2. The zero-order valence-corrected chi connectivity index (χ0v) is 43.7. The van der Waals surface area contributed by atoms with E-state index >= 15 is 0 Å². The molecule has 0 aliphatic carbocycles. The van der Waals surface area contributed by atoms with Gasteiger partial charge in [0.05, 0.1) is 50.7 Å². The van der Waals surface area contributed by atoms with E-state index in [1.54, 1.807) is 32.9 Å². The van der Waals surface area contributed by atoms with Crippen molar-refractivity contribution in [2.45, 2.75) is 71.9 Å². The van der Waals surface area contributed by atoms with Crippen molar-refractivity contribution in [2.24, 2.45) is 5.92 Å². The van der Waals surface area contributed by atoms with Crippen LogP contribution in [0.2, 0.25) is 0 Å². The van der Waals surface area contributed by atoms with Gasteiger partial charge in [0.25, 0.3) is 0 Å². The van der Waals surface area contributed by atoms with Crippen molar-refractivity contribution in [1.29, 1.82) is 10.5 Å². The third-order valence-electron chi connectivity index (χ3n) is 11.4. The highest BCUT2D eigenvalue weighted by Gasteiger charge is 2.35. The van der Waals surface area contributed by atoms with E-state index in [1.165, 1.54) is 4.90 Å². The van der Waals surface area contributed by atoms with Crippen LogP contribution in [0.15, 0.2) is 72.8 Å². The highest BCUT2D eigenvalue weighted by molar-refractivity contribution is 5.86. The van der Waals surface area contributed by atoms with Crippen LogP contribution in [0, 0.1) is 42.4 Å². The van der Waals surface area contributed by atoms with Gasteiger partial charge in [0.15, 0.2) is 11.6 Å². The number of carbonyl (C=O) groups excluding carboxylic acids is 3. The lowest BCUT2D eigenvalue weighted by Crippen LogP contribution is -2.57. The Hall–Kier alpha value is -9.07. The summed E-state index contributed by atoms with van der Waals surface area (Å²) in [4.78, 5) is 57.5. The molecule has 25 heteroatoms. The number of anilines is 10. The second kappa shape index (κ2) is 27.5. The van der Waals surface area contributed by atoms with Crippen LogP contribution in [0.25, 0.3) is 0 Å². The van der Waals surface area contributed by atoms with E-state index < -0.39 is 17.7 Å². The molecule has 404 valence electrons. The third-order valence-corrected chi connectivity index (χ3v) is 11.4. The molecule has 6 heterocycles. The van der Waals surface area contributed by atoms with Gasteiger partial charge in [-0.25, -0.2) is 4.79 Å². The van der Waals surface area contributed by atoms with Gasteiger partial charge in [-0.2, -0.15) is 40.7 Å². The number of nitriles is 2. The van der Waals surface area contributed by atoms with E-state index in [0.29, 0.717) is 92.5 Å². The number of amides is 3. The van der Waals surface area contributed by atoms with Crippen molar-refractivity contribution in [1.82, 2.24) is 55.9 Å². The average Bonchev–Trinajstić information content (AvgIpc) is 4.03. The summed E-state index contributed by atoms with van der Waals surface area (Å²) in [6, 6.07) is 25.7. The Balaban J connectivity index is 0.000000227. The van der Waals surface area contributed by atoms with Crippen molar-refractivity contribution in [3.8, 4) is 12.1 Å². The lowest BCUT2D eigenvalue weighted by Gasteiger charge is -2.35. The van der Waals surface area contributed by atoms with Crippen molar-refractivity contribution >= 4 is 76.1 Å². The molecule has 2 aromatic carbocycles. The lowest BCUT2D eigenvalue weighted by atomic mass is 10.0. The minimum Gasteiger partial charge on any atom is -0.444 e. The molecule has 6 aromatic rings. The van der Waals surface area contributed by atoms with Crippen LogP contribution < -0.4 is 42.5 Å². The summed E-state index contributed by atoms with van der Waals surface area (Å²) < 4.78 is 16.3. The molecule has 0 spiro atoms. The molecule has 10 N–H and O–H groups in total. The largest absolute Gasteiger partial charge is 0.444 e. The molecule has 0 radical (unpaired) electrons. The van der Waals surface area contributed by atoms with E-state index in [-0.39, 0.29) is 37.4 Å². The van der Waals surface area contributed by atoms with Gasteiger partial charge in [-0.15, -0.1) is 0 Å². The van der Waals surface area contributed by atoms with Gasteiger partial charge in [-0.05, 0) is 82.9 Å². The first kappa shape index (κ1) is 55.7. The van der Waals surface area contributed by atoms with Gasteiger partial charge in [0.1, 0.15) is 34.9 Å². The Morgan fingerprint density at radius 3 is 1.60 bits per heavy atom. The van der Waals surface area contributed by atoms with Gasteiger partial charge in [-0.3, -0.25) is 24.7 Å². The molecule has 4 aromatic heterocycles. The molecule has 3 amide bonds. The maximum absolute atomic E-state index is 12.9. The van der Waals surface area contributed by atoms with Crippen LogP contribution in [0.4, 0.5) is 63.0 Å². The van der Waals surface area contributed by atoms with Crippen molar-refractivity contribution in [2.75, 3.05) is 91.1 Å². The summed E-state index contributed by atoms with van der Waals surface area (Å²) in [5.74, 6) is 3.73. The van der Waals surface area contributed by atoms with Crippen molar-refractivity contribution in [3.05, 3.63) is 95.3 Å². The van der Waals surface area contributed by atoms with Crippen LogP contribution in [0.1, 0.15) is 56.1 Å². The van der Waals surface area contributed by atoms with Gasteiger partial charge in [0.2, 0.25) is 23.7 Å². The number of nitrogens with zero attached hydrogens (tertiary/aromatic N) is 9. The number of aromatic nitrogens is 8. The number of morpholine rings is 1. The minimum atomic E-state index is -0.781. The van der Waals surface area contributed by atoms with Gasteiger partial charge < -0.3 is 56.7 Å². The van der Waals surface area contributed by atoms with Crippen LogP contribution in [0.5, 0.6) is 0 Å². The molecule has 8 rings (SSSR count). The highest BCUT2D eigenvalue weighted by Crippen LogP contribution is 2.24. The molecule has 0 saturated carbocycles. The average molecular weight is 1050 g/mol. The molecule has 2 fully saturated rings. The summed E-state index contributed by atoms with van der Waals surface area (Å²) in [7, 11) is 0. The molecule has 2 aliphatic rings. The maximum atomic E-state index is 12.9. The summed E-state index contributed by atoms with van der Waals surface area (Å²) in [6.45, 7) is 12.7. The fourth-order valence-corrected chi connectivity index (χ4v) is 7.72. The number of rotatable bonds is 20. The van der Waals surface area contributed by atoms with Crippen molar-refractivity contribution in [3.63, 3.8) is 0 Å². The zero-order valence-electron chi connectivity index (χ0n) is 43.7. The number of nitrogens with one attached hydrogen (secondary N) is 10. The maximum Gasteiger partial charge on any atom is 0.411 e. The molecule has 25 nitrogen and oxygen atoms in total. The number of benzene rings is 2. The van der Waals surface area contributed by atoms with E-state index in [4.69, 9.17) is 24.7 Å². The SMILES string of the molecule is Cc1cc(Nc2cc(NCCNC(=O)[C@@H]3COCCN3C(=O)OC(C)(C)C)nc(Nc3ccc(CC#N)cc3)n2)n[nH]1.Cc1cc(Nc2cc(NCCNC(=O)[C@H]3CCCOC3)nc(Nc3ccc(CC#N)cc3)n2)n[nH]1. The highest BCUT2D eigenvalue weighted by atomic mass is 16.6. The summed E-state index contributed by atoms with van der Waals surface area (Å²) in [6.07, 6.45) is 1.92. The van der Waals surface area contributed by atoms with Crippen LogP contribution >= 0.6 is 0 Å². The monoisotopic (exact) mass is 1050 g/mol. The summed E-state index contributed by atoms with van der Waals surface area (Å²) in [5, 5.41) is 56.9. The van der Waals surface area contributed by atoms with Crippen LogP contribution in [-0.4, -0.2) is 134 Å². The quantitative estimate of drug-likeness (QED) is 0.0378. The summed E-state index contributed by atoms with van der Waals surface area (Å²) in [5.41, 5.74) is 4.55. The molecule has 2 aliphatic heterocycles. The van der Waals surface area contributed by atoms with Gasteiger partial charge in [-0.1, -0.05) is 24.3 Å². The van der Waals surface area contributed by atoms with Crippen molar-refractivity contribution < 1.29 is 28.6 Å². The van der Waals surface area contributed by atoms with E-state index in [9.17, 15) is 14.4 Å². The van der Waals surface area contributed by atoms with Crippen LogP contribution in [0.3, 0.4) is 0 Å². The number of hydrogen-bond donors (Lipinski definition) is 10. The topological polar surface area (TPSA) is 335 Å². The molecule has 0 unspecified atom stereocenters. The van der Waals surface area contributed by atoms with Crippen LogP contribution in [-0.2, 0) is 36.6 Å². The zero-order chi connectivity index (χ0) is 54.6. The smallest absolute Gasteiger partial charge is 0.411 e. The van der Waals surface area contributed by atoms with Gasteiger partial charge in [0, 0.05) is 86.4 Å². The molecule has 77 heavy (non-hydrogen) atoms. The molecule has 2 saturated heterocycles. The molecule has 0 bridgehead atoms. The predicted molar refractivity (Wildman–Crippen MR) is 289 cm³/mol. The normalized spacial score (nSPS) is 15.0. The first-order valence-corrected chi connectivity index (χ1v) is 25.2. The standard InChI is InChI=1S/C28H36N10O4.C24H29N9O2/c1-18-15-24(37-36-18)33-23-16-22(34-26(35-23)32-20-7-5-19(6-8-20)9-10-29)30-11-12-31-25(39)21-17-41-14-13-38(21)27(40)42-28(2,3)4;1-16-13-22(33-32-16)29-21-14-20(26-10-11-27-23(34)18-3-2-12-35-15-18)30-24(31-21)28-19-6-4-17(5-7-19)8-9-25/h5-8,15-16,21H,9,11-14,17H2,1-4H3,(H,31,39)(H4,30,32,33,34,35,36,37);4-7,13-14,18H,2-3,8,10-12,15H2,1H3,(H,27,34)(H4,26,28,29,30,31,32,33)/t21-;18-/m00/s1. The number of H-pyrrole nitrogens is 2. The number of aromatic amines is 2. The molecular formula is C52H65N19O6. The fraction of sp³-hybridized carbons (Fsp3) is 0.404. The minimum absolute atomic E-state index is 0.0210. The number of aryl methyl sites for hydroxylation is 2. The predicted octanol–water partition coefficient (Wildman–Crippen LogP) is 6.24. The summed E-state index contributed by atoms with van der Waals surface area (Å²) >= 11 is 0. The number of ether oxygens (including phenoxy) is 3. The Kier molecular flexibility index (Phi) is 19.9. The van der Waals surface area contributed by atoms with E-state index in [0.717, 1.165) is 53.3 Å². The Labute approximate surface area is 446 Å². The Bertz CT molecular complexity index is 2970. The van der Waals surface area contributed by atoms with Gasteiger partial charge >= 0.3 is 6.09 Å². The second-order valence-corrected chi connectivity index (χ2v) is 19.0. The first-order chi connectivity index (χ1) is 37.2. The van der Waals surface area contributed by atoms with E-state index in [2.05, 4.69) is 95.0 Å². The fourth-order valence-electron chi connectivity index (χ4n) is 7.72. The van der Waals surface area contributed by atoms with E-state index in [1.807, 2.05) is 74.5 Å². The number of hydrogen-bond acceptors (Lipinski definition) is 20. The number of carbonyl (C=O) groups is 3. The second-order valence-electron chi connectivity index (χ2n) is 19.0. The Morgan fingerprint density at radius 2 is 1.14 bits per heavy atom.